The molecule has 0 heterocycles. The van der Waals surface area contributed by atoms with Crippen molar-refractivity contribution in [2.45, 2.75) is 13.8 Å². The summed E-state index contributed by atoms with van der Waals surface area (Å²) in [5.74, 6) is -0.511. The highest BCUT2D eigenvalue weighted by molar-refractivity contribution is 8.00. The molecule has 0 aliphatic carbocycles. The van der Waals surface area contributed by atoms with Gasteiger partial charge in [0.15, 0.2) is 0 Å². The van der Waals surface area contributed by atoms with E-state index in [0.717, 1.165) is 11.3 Å². The van der Waals surface area contributed by atoms with Crippen LogP contribution in [0.1, 0.15) is 11.1 Å². The minimum atomic E-state index is -0.363. The molecule has 0 fully saturated rings. The predicted octanol–water partition coefficient (Wildman–Crippen LogP) is 3.75. The van der Waals surface area contributed by atoms with Crippen molar-refractivity contribution in [1.82, 2.24) is 0 Å². The van der Waals surface area contributed by atoms with E-state index in [9.17, 15) is 14.0 Å². The fraction of sp³-hybridized carbons (Fsp3) is 0.222. The molecule has 0 aromatic heterocycles. The van der Waals surface area contributed by atoms with E-state index in [2.05, 4.69) is 10.6 Å². The molecule has 2 aromatic carbocycles. The molecule has 0 spiro atoms. The van der Waals surface area contributed by atoms with Crippen molar-refractivity contribution in [3.8, 4) is 0 Å². The summed E-state index contributed by atoms with van der Waals surface area (Å²) in [6.45, 7) is 3.63. The van der Waals surface area contributed by atoms with Gasteiger partial charge >= 0.3 is 0 Å². The normalized spacial score (nSPS) is 10.3. The van der Waals surface area contributed by atoms with E-state index in [1.54, 1.807) is 19.1 Å². The van der Waals surface area contributed by atoms with E-state index >= 15 is 0 Å². The van der Waals surface area contributed by atoms with Crippen LogP contribution in [0.5, 0.6) is 0 Å². The Bertz CT molecular complexity index is 732. The Morgan fingerprint density at radius 1 is 0.917 bits per heavy atom. The number of carbonyl (C=O) groups is 2. The Labute approximate surface area is 144 Å². The van der Waals surface area contributed by atoms with E-state index < -0.39 is 0 Å². The monoisotopic (exact) mass is 346 g/mol. The maximum absolute atomic E-state index is 13.4. The van der Waals surface area contributed by atoms with Crippen LogP contribution in [0, 0.1) is 19.7 Å². The van der Waals surface area contributed by atoms with Crippen molar-refractivity contribution in [3.63, 3.8) is 0 Å². The average Bonchev–Trinajstić information content (AvgIpc) is 2.53. The second kappa shape index (κ2) is 8.49. The van der Waals surface area contributed by atoms with Gasteiger partial charge in [0.25, 0.3) is 0 Å². The summed E-state index contributed by atoms with van der Waals surface area (Å²) in [7, 11) is 0. The molecule has 2 amide bonds. The van der Waals surface area contributed by atoms with Gasteiger partial charge in [0.05, 0.1) is 11.5 Å². The Balaban J connectivity index is 1.72. The molecule has 0 aliphatic rings. The van der Waals surface area contributed by atoms with Gasteiger partial charge in [0.2, 0.25) is 11.8 Å². The summed E-state index contributed by atoms with van der Waals surface area (Å²) in [4.78, 5) is 23.6. The molecule has 0 unspecified atom stereocenters. The zero-order valence-electron chi connectivity index (χ0n) is 13.6. The maximum atomic E-state index is 13.4. The van der Waals surface area contributed by atoms with Crippen LogP contribution < -0.4 is 10.6 Å². The summed E-state index contributed by atoms with van der Waals surface area (Å²) >= 11 is 1.20. The number of halogens is 1. The van der Waals surface area contributed by atoms with Gasteiger partial charge in [-0.25, -0.2) is 4.39 Å². The highest BCUT2D eigenvalue weighted by Gasteiger charge is 2.07. The van der Waals surface area contributed by atoms with Gasteiger partial charge in [-0.05, 0) is 43.7 Å². The molecule has 2 rings (SSSR count). The second-order valence-electron chi connectivity index (χ2n) is 5.42. The quantitative estimate of drug-likeness (QED) is 0.837. The molecule has 126 valence electrons. The number of benzene rings is 2. The fourth-order valence-electron chi connectivity index (χ4n) is 1.94. The lowest BCUT2D eigenvalue weighted by molar-refractivity contribution is -0.114. The molecule has 0 bridgehead atoms. The Morgan fingerprint density at radius 2 is 1.46 bits per heavy atom. The van der Waals surface area contributed by atoms with E-state index in [1.165, 1.54) is 17.8 Å². The zero-order valence-corrected chi connectivity index (χ0v) is 14.4. The molecule has 0 saturated carbocycles. The standard InChI is InChI=1S/C18H19FN2O2S/c1-12-3-6-14(7-4-12)20-17(22)10-24-11-18(23)21-15-8-5-13(2)16(19)9-15/h3-9H,10-11H2,1-2H3,(H,20,22)(H,21,23). The van der Waals surface area contributed by atoms with Crippen LogP contribution in [0.25, 0.3) is 0 Å². The van der Waals surface area contributed by atoms with E-state index in [1.807, 2.05) is 31.2 Å². The summed E-state index contributed by atoms with van der Waals surface area (Å²) < 4.78 is 13.4. The molecule has 0 aliphatic heterocycles. The molecule has 2 aromatic rings. The summed E-state index contributed by atoms with van der Waals surface area (Å²) in [6.07, 6.45) is 0. The third-order valence-corrected chi connectivity index (χ3v) is 4.19. The lowest BCUT2D eigenvalue weighted by Crippen LogP contribution is -2.18. The molecule has 24 heavy (non-hydrogen) atoms. The molecule has 2 N–H and O–H groups in total. The van der Waals surface area contributed by atoms with Gasteiger partial charge in [0.1, 0.15) is 5.82 Å². The number of aryl methyl sites for hydroxylation is 2. The van der Waals surface area contributed by atoms with Crippen LogP contribution >= 0.6 is 11.8 Å². The number of hydrogen-bond donors (Lipinski definition) is 2. The number of thioether (sulfide) groups is 1. The van der Waals surface area contributed by atoms with Crippen LogP contribution in [-0.2, 0) is 9.59 Å². The number of anilines is 2. The Hall–Kier alpha value is -2.34. The molecular weight excluding hydrogens is 327 g/mol. The lowest BCUT2D eigenvalue weighted by Gasteiger charge is -2.07. The highest BCUT2D eigenvalue weighted by atomic mass is 32.2. The first-order valence-electron chi connectivity index (χ1n) is 7.44. The SMILES string of the molecule is Cc1ccc(NC(=O)CSCC(=O)Nc2ccc(C)c(F)c2)cc1. The second-order valence-corrected chi connectivity index (χ2v) is 6.40. The molecular formula is C18H19FN2O2S. The van der Waals surface area contributed by atoms with Crippen molar-refractivity contribution in [2.75, 3.05) is 22.1 Å². The lowest BCUT2D eigenvalue weighted by atomic mass is 10.2. The van der Waals surface area contributed by atoms with Crippen LogP contribution in [0.3, 0.4) is 0 Å². The number of amides is 2. The number of nitrogens with one attached hydrogen (secondary N) is 2. The highest BCUT2D eigenvalue weighted by Crippen LogP contribution is 2.14. The van der Waals surface area contributed by atoms with Gasteiger partial charge in [0, 0.05) is 11.4 Å². The maximum Gasteiger partial charge on any atom is 0.234 e. The topological polar surface area (TPSA) is 58.2 Å². The van der Waals surface area contributed by atoms with Gasteiger partial charge < -0.3 is 10.6 Å². The van der Waals surface area contributed by atoms with Crippen LogP contribution in [0.2, 0.25) is 0 Å². The number of carbonyl (C=O) groups excluding carboxylic acids is 2. The van der Waals surface area contributed by atoms with Crippen molar-refractivity contribution < 1.29 is 14.0 Å². The first kappa shape index (κ1) is 18.0. The van der Waals surface area contributed by atoms with Crippen molar-refractivity contribution in [2.24, 2.45) is 0 Å². The Morgan fingerprint density at radius 3 is 2.04 bits per heavy atom. The van der Waals surface area contributed by atoms with Gasteiger partial charge in [-0.3, -0.25) is 9.59 Å². The minimum Gasteiger partial charge on any atom is -0.325 e. The first-order valence-corrected chi connectivity index (χ1v) is 8.60. The smallest absolute Gasteiger partial charge is 0.234 e. The van der Waals surface area contributed by atoms with Crippen LogP contribution in [0.4, 0.5) is 15.8 Å². The van der Waals surface area contributed by atoms with Crippen molar-refractivity contribution in [3.05, 3.63) is 59.4 Å². The zero-order chi connectivity index (χ0) is 17.5. The summed E-state index contributed by atoms with van der Waals surface area (Å²) in [5.41, 5.74) is 2.78. The molecule has 0 atom stereocenters. The number of hydrogen-bond acceptors (Lipinski definition) is 3. The van der Waals surface area contributed by atoms with Gasteiger partial charge in [-0.15, -0.1) is 11.8 Å². The Kier molecular flexibility index (Phi) is 6.37. The average molecular weight is 346 g/mol. The van der Waals surface area contributed by atoms with Gasteiger partial charge in [-0.2, -0.15) is 0 Å². The third-order valence-electron chi connectivity index (χ3n) is 3.26. The summed E-state index contributed by atoms with van der Waals surface area (Å²) in [6, 6.07) is 12.0. The molecule has 4 nitrogen and oxygen atoms in total. The predicted molar refractivity (Wildman–Crippen MR) is 96.9 cm³/mol. The fourth-order valence-corrected chi connectivity index (χ4v) is 2.56. The van der Waals surface area contributed by atoms with Crippen molar-refractivity contribution >= 4 is 35.0 Å². The van der Waals surface area contributed by atoms with E-state index in [4.69, 9.17) is 0 Å². The first-order chi connectivity index (χ1) is 11.4. The number of rotatable bonds is 6. The summed E-state index contributed by atoms with van der Waals surface area (Å²) in [5, 5.41) is 5.37. The van der Waals surface area contributed by atoms with Crippen LogP contribution in [0.15, 0.2) is 42.5 Å². The minimum absolute atomic E-state index is 0.122. The molecule has 6 heteroatoms. The molecule has 0 radical (unpaired) electrons. The van der Waals surface area contributed by atoms with E-state index in [0.29, 0.717) is 11.3 Å². The largest absolute Gasteiger partial charge is 0.325 e. The van der Waals surface area contributed by atoms with Crippen molar-refractivity contribution in [1.29, 1.82) is 0 Å². The third kappa shape index (κ3) is 5.70. The van der Waals surface area contributed by atoms with Gasteiger partial charge in [-0.1, -0.05) is 23.8 Å². The molecule has 0 saturated heterocycles. The van der Waals surface area contributed by atoms with E-state index in [-0.39, 0.29) is 29.1 Å². The van der Waals surface area contributed by atoms with Crippen LogP contribution in [-0.4, -0.2) is 23.3 Å².